The van der Waals surface area contributed by atoms with Gasteiger partial charge in [-0.3, -0.25) is 0 Å². The number of hydrogen-bond acceptors (Lipinski definition) is 2. The van der Waals surface area contributed by atoms with E-state index in [4.69, 9.17) is 0 Å². The molecular formula is C28H35FN4O. The van der Waals surface area contributed by atoms with E-state index in [1.807, 2.05) is 42.6 Å². The zero-order valence-corrected chi connectivity index (χ0v) is 19.7. The zero-order valence-electron chi connectivity index (χ0n) is 19.7. The molecular weight excluding hydrogens is 427 g/mol. The van der Waals surface area contributed by atoms with Crippen LogP contribution in [-0.2, 0) is 6.42 Å². The molecule has 6 heteroatoms. The Hall–Kier alpha value is -2.86. The number of urea groups is 1. The molecule has 1 aromatic heterocycles. The quantitative estimate of drug-likeness (QED) is 0.424. The smallest absolute Gasteiger partial charge is 0.319 e. The summed E-state index contributed by atoms with van der Waals surface area (Å²) in [4.78, 5) is 18.5. The van der Waals surface area contributed by atoms with Crippen molar-refractivity contribution in [3.63, 3.8) is 0 Å². The molecule has 2 aliphatic rings. The second-order valence-electron chi connectivity index (χ2n) is 10.1. The number of likely N-dealkylation sites (tertiary alicyclic amines) is 1. The molecule has 0 unspecified atom stereocenters. The molecule has 5 rings (SSSR count). The number of piperidine rings is 1. The summed E-state index contributed by atoms with van der Waals surface area (Å²) < 4.78 is 13.2. The number of H-pyrrole nitrogens is 1. The van der Waals surface area contributed by atoms with E-state index in [-0.39, 0.29) is 17.9 Å². The molecule has 2 aromatic carbocycles. The van der Waals surface area contributed by atoms with Crippen LogP contribution < -0.4 is 10.6 Å². The Morgan fingerprint density at radius 2 is 1.79 bits per heavy atom. The number of rotatable bonds is 6. The average Bonchev–Trinajstić information content (AvgIpc) is 3.31. The lowest BCUT2D eigenvalue weighted by atomic mass is 9.83. The van der Waals surface area contributed by atoms with E-state index in [0.29, 0.717) is 11.8 Å². The van der Waals surface area contributed by atoms with Gasteiger partial charge in [-0.1, -0.05) is 25.0 Å². The van der Waals surface area contributed by atoms with Crippen molar-refractivity contribution in [3.8, 4) is 0 Å². The summed E-state index contributed by atoms with van der Waals surface area (Å²) in [6.07, 6.45) is 9.97. The van der Waals surface area contributed by atoms with Gasteiger partial charge in [0.1, 0.15) is 5.82 Å². The summed E-state index contributed by atoms with van der Waals surface area (Å²) in [5.41, 5.74) is 3.12. The highest BCUT2D eigenvalue weighted by Gasteiger charge is 2.29. The van der Waals surface area contributed by atoms with Crippen molar-refractivity contribution in [2.75, 3.05) is 25.0 Å². The lowest BCUT2D eigenvalue weighted by molar-refractivity contribution is 0.130. The Morgan fingerprint density at radius 3 is 2.62 bits per heavy atom. The Bertz CT molecular complexity index is 1090. The summed E-state index contributed by atoms with van der Waals surface area (Å²) in [6.45, 7) is 3.28. The fourth-order valence-corrected chi connectivity index (χ4v) is 5.74. The number of nitrogens with zero attached hydrogens (tertiary/aromatic N) is 1. The standard InChI is InChI=1S/C28H35FN4O/c29-24-7-5-20(6-8-24)17-21-12-15-33(16-13-21)19-23-3-1-2-4-27(23)32-28(34)31-25-9-10-26-22(18-25)11-14-30-26/h5-11,14,18,21,23,27,30H,1-4,12-13,15-17,19H2,(H2,31,32,34)/t23-,27+/m0/s1. The first-order valence-electron chi connectivity index (χ1n) is 12.7. The third-order valence-corrected chi connectivity index (χ3v) is 7.67. The van der Waals surface area contributed by atoms with Crippen LogP contribution in [0.2, 0.25) is 0 Å². The maximum atomic E-state index is 13.2. The molecule has 0 radical (unpaired) electrons. The Balaban J connectivity index is 1.10. The lowest BCUT2D eigenvalue weighted by Crippen LogP contribution is -2.48. The van der Waals surface area contributed by atoms with E-state index < -0.39 is 0 Å². The maximum Gasteiger partial charge on any atom is 0.319 e. The number of carbonyl (C=O) groups excluding carboxylic acids is 1. The van der Waals surface area contributed by atoms with Crippen molar-refractivity contribution < 1.29 is 9.18 Å². The van der Waals surface area contributed by atoms with Gasteiger partial charge in [-0.15, -0.1) is 0 Å². The molecule has 180 valence electrons. The number of aromatic amines is 1. The number of hydrogen-bond donors (Lipinski definition) is 3. The first-order chi connectivity index (χ1) is 16.6. The van der Waals surface area contributed by atoms with Gasteiger partial charge in [0.05, 0.1) is 0 Å². The third kappa shape index (κ3) is 5.79. The fourth-order valence-electron chi connectivity index (χ4n) is 5.74. The molecule has 2 fully saturated rings. The van der Waals surface area contributed by atoms with Crippen molar-refractivity contribution >= 4 is 22.6 Å². The number of amides is 2. The first kappa shape index (κ1) is 22.9. The monoisotopic (exact) mass is 462 g/mol. The highest BCUT2D eigenvalue weighted by Crippen LogP contribution is 2.28. The van der Waals surface area contributed by atoms with Gasteiger partial charge >= 0.3 is 6.03 Å². The van der Waals surface area contributed by atoms with E-state index in [1.54, 1.807) is 12.1 Å². The van der Waals surface area contributed by atoms with Crippen molar-refractivity contribution in [2.45, 2.75) is 51.0 Å². The molecule has 0 spiro atoms. The number of benzene rings is 2. The number of nitrogens with one attached hydrogen (secondary N) is 3. The van der Waals surface area contributed by atoms with Crippen molar-refractivity contribution in [1.29, 1.82) is 0 Å². The van der Waals surface area contributed by atoms with Gasteiger partial charge in [0.25, 0.3) is 0 Å². The second-order valence-corrected chi connectivity index (χ2v) is 10.1. The Morgan fingerprint density at radius 1 is 1.00 bits per heavy atom. The van der Waals surface area contributed by atoms with Gasteiger partial charge < -0.3 is 20.5 Å². The van der Waals surface area contributed by atoms with Crippen molar-refractivity contribution in [3.05, 3.63) is 66.1 Å². The molecule has 2 heterocycles. The highest BCUT2D eigenvalue weighted by atomic mass is 19.1. The summed E-state index contributed by atoms with van der Waals surface area (Å²) >= 11 is 0. The van der Waals surface area contributed by atoms with E-state index >= 15 is 0 Å². The first-order valence-corrected chi connectivity index (χ1v) is 12.7. The largest absolute Gasteiger partial charge is 0.361 e. The normalized spacial score (nSPS) is 22.0. The van der Waals surface area contributed by atoms with Crippen molar-refractivity contribution in [2.24, 2.45) is 11.8 Å². The van der Waals surface area contributed by atoms with Crippen LogP contribution in [0.4, 0.5) is 14.9 Å². The maximum absolute atomic E-state index is 13.2. The van der Waals surface area contributed by atoms with Gasteiger partial charge in [-0.05, 0) is 99.0 Å². The van der Waals surface area contributed by atoms with Crippen LogP contribution >= 0.6 is 0 Å². The minimum atomic E-state index is -0.162. The van der Waals surface area contributed by atoms with Gasteiger partial charge in [0.15, 0.2) is 0 Å². The summed E-state index contributed by atoms with van der Waals surface area (Å²) in [7, 11) is 0. The van der Waals surface area contributed by atoms with Gasteiger partial charge in [-0.25, -0.2) is 9.18 Å². The van der Waals surface area contributed by atoms with Crippen LogP contribution in [-0.4, -0.2) is 41.6 Å². The number of anilines is 1. The van der Waals surface area contributed by atoms with Crippen LogP contribution in [0, 0.1) is 17.7 Å². The molecule has 0 bridgehead atoms. The molecule has 3 aromatic rings. The minimum Gasteiger partial charge on any atom is -0.361 e. The Labute approximate surface area is 201 Å². The average molecular weight is 463 g/mol. The molecule has 5 nitrogen and oxygen atoms in total. The van der Waals surface area contributed by atoms with E-state index in [9.17, 15) is 9.18 Å². The van der Waals surface area contributed by atoms with E-state index in [2.05, 4.69) is 20.5 Å². The van der Waals surface area contributed by atoms with Crippen LogP contribution in [0.5, 0.6) is 0 Å². The van der Waals surface area contributed by atoms with E-state index in [0.717, 1.165) is 49.1 Å². The summed E-state index contributed by atoms with van der Waals surface area (Å²) in [5, 5.41) is 7.40. The van der Waals surface area contributed by atoms with Crippen LogP contribution in [0.3, 0.4) is 0 Å². The summed E-state index contributed by atoms with van der Waals surface area (Å²) in [5.74, 6) is 1.01. The molecule has 3 N–H and O–H groups in total. The minimum absolute atomic E-state index is 0.107. The third-order valence-electron chi connectivity index (χ3n) is 7.67. The number of carbonyl (C=O) groups is 1. The number of fused-ring (bicyclic) bond motifs is 1. The molecule has 1 saturated carbocycles. The molecule has 1 aliphatic carbocycles. The highest BCUT2D eigenvalue weighted by molar-refractivity contribution is 5.92. The fraction of sp³-hybridized carbons (Fsp3) is 0.464. The predicted molar refractivity (Wildman–Crippen MR) is 135 cm³/mol. The van der Waals surface area contributed by atoms with Crippen molar-refractivity contribution in [1.82, 2.24) is 15.2 Å². The van der Waals surface area contributed by atoms with Gasteiger partial charge in [0, 0.05) is 35.4 Å². The number of aromatic nitrogens is 1. The Kier molecular flexibility index (Phi) is 7.14. The molecule has 1 saturated heterocycles. The van der Waals surface area contributed by atoms with Gasteiger partial charge in [-0.2, -0.15) is 0 Å². The van der Waals surface area contributed by atoms with Gasteiger partial charge in [0.2, 0.25) is 0 Å². The topological polar surface area (TPSA) is 60.2 Å². The number of halogens is 1. The van der Waals surface area contributed by atoms with Crippen LogP contribution in [0.25, 0.3) is 10.9 Å². The zero-order chi connectivity index (χ0) is 23.3. The van der Waals surface area contributed by atoms with Crippen LogP contribution in [0.15, 0.2) is 54.7 Å². The predicted octanol–water partition coefficient (Wildman–Crippen LogP) is 5.94. The van der Waals surface area contributed by atoms with E-state index in [1.165, 1.54) is 37.7 Å². The summed E-state index contributed by atoms with van der Waals surface area (Å²) in [6, 6.07) is 15.0. The molecule has 2 atom stereocenters. The lowest BCUT2D eigenvalue weighted by Gasteiger charge is -2.39. The molecule has 2 amide bonds. The molecule has 34 heavy (non-hydrogen) atoms. The van der Waals surface area contributed by atoms with Crippen LogP contribution in [0.1, 0.15) is 44.1 Å². The SMILES string of the molecule is O=C(Nc1ccc2[nH]ccc2c1)N[C@@H]1CCCC[C@H]1CN1CCC(Cc2ccc(F)cc2)CC1. The second kappa shape index (κ2) is 10.6. The molecule has 1 aliphatic heterocycles.